The molecule has 0 saturated heterocycles. The first kappa shape index (κ1) is 25.0. The van der Waals surface area contributed by atoms with Crippen LogP contribution in [0.5, 0.6) is 0 Å². The van der Waals surface area contributed by atoms with Gasteiger partial charge in [-0.1, -0.05) is 53.8 Å². The molecule has 0 saturated carbocycles. The van der Waals surface area contributed by atoms with Crippen molar-refractivity contribution in [2.75, 3.05) is 5.32 Å². The molecule has 0 aliphatic heterocycles. The smallest absolute Gasteiger partial charge is 0.263 e. The van der Waals surface area contributed by atoms with Gasteiger partial charge in [-0.15, -0.1) is 12.4 Å². The number of thiazole rings is 1. The molecule has 0 atom stereocenters. The minimum Gasteiger partial charge on any atom is -0.347 e. The van der Waals surface area contributed by atoms with E-state index in [2.05, 4.69) is 26.0 Å². The quantitative estimate of drug-likeness (QED) is 0.165. The second kappa shape index (κ2) is 12.6. The number of carbonyl (C=O) groups excluding carboxylic acids is 2. The van der Waals surface area contributed by atoms with Crippen LogP contribution in [0.1, 0.15) is 33.4 Å². The van der Waals surface area contributed by atoms with E-state index >= 15 is 0 Å². The summed E-state index contributed by atoms with van der Waals surface area (Å²) in [7, 11) is 0. The van der Waals surface area contributed by atoms with E-state index in [0.717, 1.165) is 16.8 Å². The van der Waals surface area contributed by atoms with Crippen molar-refractivity contribution >= 4 is 52.7 Å². The van der Waals surface area contributed by atoms with Crippen LogP contribution in [-0.2, 0) is 24.2 Å². The lowest BCUT2D eigenvalue weighted by Crippen LogP contribution is -2.23. The normalized spacial score (nSPS) is 10.4. The van der Waals surface area contributed by atoms with Crippen molar-refractivity contribution in [2.24, 2.45) is 10.8 Å². The average Bonchev–Trinajstić information content (AvgIpc) is 3.18. The fraction of sp³-hybridized carbons (Fsp3) is 0.182. The largest absolute Gasteiger partial charge is 0.347 e. The number of hydrogen-bond donors (Lipinski definition) is 4. The number of hydrazine groups is 1. The Kier molecular flexibility index (Phi) is 9.80. The molecule has 8 nitrogen and oxygen atoms in total. The van der Waals surface area contributed by atoms with E-state index in [9.17, 15) is 9.59 Å². The van der Waals surface area contributed by atoms with E-state index in [0.29, 0.717) is 35.1 Å². The molecule has 0 bridgehead atoms. The molecular weight excluding hydrogens is 448 g/mol. The monoisotopic (exact) mass is 472 g/mol. The molecule has 168 valence electrons. The summed E-state index contributed by atoms with van der Waals surface area (Å²) >= 11 is 1.18. The predicted molar refractivity (Wildman–Crippen MR) is 131 cm³/mol. The molecule has 0 fully saturated rings. The van der Waals surface area contributed by atoms with Crippen molar-refractivity contribution in [2.45, 2.75) is 26.3 Å². The number of anilines is 1. The maximum absolute atomic E-state index is 12.8. The van der Waals surface area contributed by atoms with E-state index in [4.69, 9.17) is 5.84 Å². The summed E-state index contributed by atoms with van der Waals surface area (Å²) < 4.78 is 0. The Morgan fingerprint density at radius 1 is 1.06 bits per heavy atom. The number of halogens is 1. The van der Waals surface area contributed by atoms with E-state index in [1.54, 1.807) is 0 Å². The van der Waals surface area contributed by atoms with E-state index in [1.807, 2.05) is 54.6 Å². The number of benzene rings is 2. The van der Waals surface area contributed by atoms with Gasteiger partial charge in [0.15, 0.2) is 5.13 Å². The van der Waals surface area contributed by atoms with Gasteiger partial charge in [-0.3, -0.25) is 9.59 Å². The summed E-state index contributed by atoms with van der Waals surface area (Å²) in [5, 5.41) is 6.03. The number of amides is 2. The SMILES string of the molecule is CC(=O)Nc1nc(CCc2ccc(N=CNN)cc2)c(C(=O)NCc2ccccc2)s1.Cl. The fourth-order valence-electron chi connectivity index (χ4n) is 2.88. The van der Waals surface area contributed by atoms with Gasteiger partial charge in [0.2, 0.25) is 5.91 Å². The number of aliphatic imine (C=N–C) groups is 1. The number of aryl methyl sites for hydroxylation is 2. The predicted octanol–water partition coefficient (Wildman–Crippen LogP) is 3.36. The van der Waals surface area contributed by atoms with Gasteiger partial charge in [0.25, 0.3) is 5.91 Å². The highest BCUT2D eigenvalue weighted by Gasteiger charge is 2.18. The molecule has 3 aromatic rings. The molecule has 0 aliphatic carbocycles. The van der Waals surface area contributed by atoms with Crippen molar-refractivity contribution in [1.29, 1.82) is 0 Å². The molecule has 5 N–H and O–H groups in total. The topological polar surface area (TPSA) is 122 Å². The van der Waals surface area contributed by atoms with Gasteiger partial charge < -0.3 is 16.1 Å². The van der Waals surface area contributed by atoms with Gasteiger partial charge in [-0.25, -0.2) is 15.8 Å². The van der Waals surface area contributed by atoms with Crippen molar-refractivity contribution in [3.8, 4) is 0 Å². The molecule has 2 aromatic carbocycles. The van der Waals surface area contributed by atoms with Gasteiger partial charge in [-0.05, 0) is 36.1 Å². The third-order valence-corrected chi connectivity index (χ3v) is 5.37. The summed E-state index contributed by atoms with van der Waals surface area (Å²) in [5.41, 5.74) is 5.90. The lowest BCUT2D eigenvalue weighted by molar-refractivity contribution is -0.114. The van der Waals surface area contributed by atoms with Gasteiger partial charge in [0, 0.05) is 13.5 Å². The Bertz CT molecular complexity index is 1050. The number of aromatic nitrogens is 1. The average molecular weight is 473 g/mol. The van der Waals surface area contributed by atoms with Crippen LogP contribution in [0.15, 0.2) is 59.6 Å². The second-order valence-electron chi connectivity index (χ2n) is 6.74. The highest BCUT2D eigenvalue weighted by molar-refractivity contribution is 7.17. The number of carbonyl (C=O) groups is 2. The molecule has 0 spiro atoms. The van der Waals surface area contributed by atoms with Gasteiger partial charge in [0.05, 0.1) is 11.4 Å². The summed E-state index contributed by atoms with van der Waals surface area (Å²) in [4.78, 5) is 33.4. The zero-order valence-corrected chi connectivity index (χ0v) is 19.1. The first-order valence-corrected chi connectivity index (χ1v) is 10.5. The van der Waals surface area contributed by atoms with Gasteiger partial charge in [0.1, 0.15) is 11.2 Å². The lowest BCUT2D eigenvalue weighted by atomic mass is 10.1. The minimum absolute atomic E-state index is 0. The molecule has 2 amide bonds. The van der Waals surface area contributed by atoms with E-state index < -0.39 is 0 Å². The van der Waals surface area contributed by atoms with E-state index in [-0.39, 0.29) is 24.2 Å². The van der Waals surface area contributed by atoms with Crippen LogP contribution in [-0.4, -0.2) is 23.1 Å². The second-order valence-corrected chi connectivity index (χ2v) is 7.73. The molecule has 10 heteroatoms. The van der Waals surface area contributed by atoms with Crippen LogP contribution in [0.3, 0.4) is 0 Å². The number of nitrogens with zero attached hydrogens (tertiary/aromatic N) is 2. The van der Waals surface area contributed by atoms with Crippen molar-refractivity contribution < 1.29 is 9.59 Å². The molecule has 0 aliphatic rings. The molecule has 3 rings (SSSR count). The highest BCUT2D eigenvalue weighted by atomic mass is 35.5. The fourth-order valence-corrected chi connectivity index (χ4v) is 3.86. The summed E-state index contributed by atoms with van der Waals surface area (Å²) in [6.07, 6.45) is 2.67. The van der Waals surface area contributed by atoms with Crippen molar-refractivity contribution in [3.05, 3.63) is 76.3 Å². The molecule has 0 radical (unpaired) electrons. The zero-order valence-electron chi connectivity index (χ0n) is 17.5. The maximum Gasteiger partial charge on any atom is 0.263 e. The zero-order chi connectivity index (χ0) is 22.1. The molecular formula is C22H25ClN6O2S. The molecule has 32 heavy (non-hydrogen) atoms. The third kappa shape index (κ3) is 7.45. The Morgan fingerprint density at radius 3 is 2.44 bits per heavy atom. The highest BCUT2D eigenvalue weighted by Crippen LogP contribution is 2.25. The molecule has 1 aromatic heterocycles. The first-order valence-electron chi connectivity index (χ1n) is 9.72. The van der Waals surface area contributed by atoms with Crippen LogP contribution in [0.2, 0.25) is 0 Å². The van der Waals surface area contributed by atoms with Crippen molar-refractivity contribution in [1.82, 2.24) is 15.7 Å². The van der Waals surface area contributed by atoms with Crippen molar-refractivity contribution in [3.63, 3.8) is 0 Å². The van der Waals surface area contributed by atoms with E-state index in [1.165, 1.54) is 24.6 Å². The number of hydrogen-bond acceptors (Lipinski definition) is 6. The van der Waals surface area contributed by atoms with Crippen LogP contribution in [0.25, 0.3) is 0 Å². The standard InChI is InChI=1S/C22H24N6O2S.ClH/c1-15(29)27-22-28-19(12-9-16-7-10-18(11-8-16)25-14-26-23)20(31-22)21(30)24-13-17-5-3-2-4-6-17;/h2-8,10-11,14H,9,12-13,23H2,1H3,(H,24,30)(H,25,26)(H,27,28,29);1H. The van der Waals surface area contributed by atoms with Gasteiger partial charge in [-0.2, -0.15) is 0 Å². The van der Waals surface area contributed by atoms with Crippen LogP contribution in [0.4, 0.5) is 10.8 Å². The maximum atomic E-state index is 12.8. The number of rotatable bonds is 9. The Morgan fingerprint density at radius 2 is 1.78 bits per heavy atom. The lowest BCUT2D eigenvalue weighted by Gasteiger charge is -2.06. The minimum atomic E-state index is -0.223. The summed E-state index contributed by atoms with van der Waals surface area (Å²) in [6.45, 7) is 1.84. The molecule has 1 heterocycles. The van der Waals surface area contributed by atoms with Crippen LogP contribution >= 0.6 is 23.7 Å². The first-order chi connectivity index (χ1) is 15.0. The van der Waals surface area contributed by atoms with Crippen LogP contribution < -0.4 is 21.9 Å². The molecule has 0 unspecified atom stereocenters. The summed E-state index contributed by atoms with van der Waals surface area (Å²) in [6, 6.07) is 17.4. The Labute approximate surface area is 196 Å². The Balaban J connectivity index is 0.00000363. The van der Waals surface area contributed by atoms with Crippen LogP contribution in [0, 0.1) is 0 Å². The Hall–Kier alpha value is -3.27. The number of nitrogens with one attached hydrogen (secondary N) is 3. The van der Waals surface area contributed by atoms with Gasteiger partial charge >= 0.3 is 0 Å². The summed E-state index contributed by atoms with van der Waals surface area (Å²) in [5.74, 6) is 4.75. The third-order valence-electron chi connectivity index (χ3n) is 4.36. The number of nitrogens with two attached hydrogens (primary N) is 1.